The summed E-state index contributed by atoms with van der Waals surface area (Å²) in [6.45, 7) is 9.71. The third-order valence-electron chi connectivity index (χ3n) is 10.3. The summed E-state index contributed by atoms with van der Waals surface area (Å²) < 4.78 is 83.2. The summed E-state index contributed by atoms with van der Waals surface area (Å²) in [5.41, 5.74) is 1.01. The van der Waals surface area contributed by atoms with Crippen molar-refractivity contribution in [2.45, 2.75) is 160 Å². The molecule has 0 radical (unpaired) electrons. The van der Waals surface area contributed by atoms with Gasteiger partial charge in [-0.25, -0.2) is 9.59 Å². The Morgan fingerprint density at radius 1 is 0.512 bits per heavy atom. The molecule has 0 spiro atoms. The molecule has 468 valence electrons. The molecular weight excluding hydrogens is 1070 g/mol. The van der Waals surface area contributed by atoms with Gasteiger partial charge < -0.3 is 82.1 Å². The number of rotatable bonds is 35. The van der Waals surface area contributed by atoms with Gasteiger partial charge in [-0.15, -0.1) is 6.58 Å². The fraction of sp³-hybridized carbons (Fsp3) is 0.679. The summed E-state index contributed by atoms with van der Waals surface area (Å²) in [6, 6.07) is 17.7. The van der Waals surface area contributed by atoms with Gasteiger partial charge in [-0.1, -0.05) is 95.3 Å². The van der Waals surface area contributed by atoms with Crippen molar-refractivity contribution in [3.8, 4) is 0 Å². The van der Waals surface area contributed by atoms with Crippen LogP contribution in [0.3, 0.4) is 0 Å². The van der Waals surface area contributed by atoms with E-state index in [2.05, 4.69) is 34.1 Å². The second kappa shape index (κ2) is 59.4. The fourth-order valence-corrected chi connectivity index (χ4v) is 5.90. The van der Waals surface area contributed by atoms with Crippen LogP contribution in [0.4, 0.5) is 0 Å². The van der Waals surface area contributed by atoms with E-state index in [0.29, 0.717) is 49.4 Å². The van der Waals surface area contributed by atoms with Crippen LogP contribution in [0.2, 0.25) is 0 Å². The van der Waals surface area contributed by atoms with Crippen LogP contribution in [0.25, 0.3) is 0 Å². The minimum atomic E-state index is -3.16. The first-order valence-electron chi connectivity index (χ1n) is 25.9. The van der Waals surface area contributed by atoms with Crippen LogP contribution in [0.1, 0.15) is 119 Å². The molecule has 0 aromatic heterocycles. The number of aliphatic hydroxyl groups is 4. The van der Waals surface area contributed by atoms with Crippen LogP contribution in [0.15, 0.2) is 73.3 Å². The lowest BCUT2D eigenvalue weighted by atomic mass is 10.1. The SMILES string of the molecule is C=CCC(O)C(OC)OC.CCCCC(O)C(OC)OC.CCCCC(O)C=O.CCCCC(OC(=O)c1ccccc1)C(OC)OC.COC(C=O)OC.COC(OC)C(CCCO)OC(=O)c1ccccc1.COS(C)(=O)=O. The Labute approximate surface area is 477 Å². The van der Waals surface area contributed by atoms with Gasteiger partial charge in [-0.2, -0.15) is 8.42 Å². The summed E-state index contributed by atoms with van der Waals surface area (Å²) in [7, 11) is 12.9. The lowest BCUT2D eigenvalue weighted by Crippen LogP contribution is -2.34. The van der Waals surface area contributed by atoms with E-state index in [1.165, 1.54) is 56.9 Å². The van der Waals surface area contributed by atoms with Crippen molar-refractivity contribution < 1.29 is 109 Å². The Kier molecular flexibility index (Phi) is 62.9. The number of unbranched alkanes of at least 4 members (excludes halogenated alkanes) is 3. The highest BCUT2D eigenvalue weighted by Gasteiger charge is 2.26. The Bertz CT molecular complexity index is 1700. The lowest BCUT2D eigenvalue weighted by molar-refractivity contribution is -0.167. The van der Waals surface area contributed by atoms with E-state index in [4.69, 9.17) is 57.6 Å². The quantitative estimate of drug-likeness (QED) is 0.0189. The molecule has 2 aromatic rings. The monoisotopic (exact) mass is 1170 g/mol. The summed E-state index contributed by atoms with van der Waals surface area (Å²) in [6.07, 6.45) is 7.69. The van der Waals surface area contributed by atoms with Crippen LogP contribution in [-0.4, -0.2) is 206 Å². The van der Waals surface area contributed by atoms with Gasteiger partial charge in [0.1, 0.15) is 24.6 Å². The zero-order valence-corrected chi connectivity index (χ0v) is 50.9. The molecule has 5 unspecified atom stereocenters. The number of ether oxygens (including phenoxy) is 12. The smallest absolute Gasteiger partial charge is 0.338 e. The van der Waals surface area contributed by atoms with Crippen LogP contribution in [-0.2, 0) is 80.7 Å². The van der Waals surface area contributed by atoms with Gasteiger partial charge in [-0.05, 0) is 69.2 Å². The molecule has 0 aliphatic rings. The average Bonchev–Trinajstić information content (AvgIpc) is 3.47. The number of benzene rings is 2. The average molecular weight is 1170 g/mol. The molecule has 24 heteroatoms. The number of hydrogen-bond donors (Lipinski definition) is 4. The van der Waals surface area contributed by atoms with Gasteiger partial charge in [0, 0.05) is 77.7 Å². The van der Waals surface area contributed by atoms with Crippen molar-refractivity contribution in [1.29, 1.82) is 0 Å². The second-order valence-corrected chi connectivity index (χ2v) is 18.2. The maximum absolute atomic E-state index is 12.0. The number of aliphatic hydroxyl groups excluding tert-OH is 4. The first kappa shape index (κ1) is 84.6. The first-order chi connectivity index (χ1) is 38.2. The minimum Gasteiger partial charge on any atom is -0.453 e. The topological polar surface area (TPSA) is 303 Å². The lowest BCUT2D eigenvalue weighted by Gasteiger charge is -2.24. The maximum Gasteiger partial charge on any atom is 0.338 e. The molecule has 2 aromatic carbocycles. The van der Waals surface area contributed by atoms with Gasteiger partial charge >= 0.3 is 11.9 Å². The van der Waals surface area contributed by atoms with Gasteiger partial charge in [0.25, 0.3) is 10.1 Å². The van der Waals surface area contributed by atoms with Gasteiger partial charge in [-0.3, -0.25) is 8.98 Å². The molecule has 2 rings (SSSR count). The predicted octanol–water partition coefficient (Wildman–Crippen LogP) is 6.46. The molecule has 0 heterocycles. The highest BCUT2D eigenvalue weighted by Crippen LogP contribution is 2.17. The largest absolute Gasteiger partial charge is 0.453 e. The zero-order chi connectivity index (χ0) is 62.2. The highest BCUT2D eigenvalue weighted by molar-refractivity contribution is 7.85. The number of hydrogen-bond acceptors (Lipinski definition) is 23. The summed E-state index contributed by atoms with van der Waals surface area (Å²) in [4.78, 5) is 43.5. The number of esters is 2. The molecule has 23 nitrogen and oxygen atoms in total. The molecule has 0 saturated carbocycles. The molecule has 0 fully saturated rings. The van der Waals surface area contributed by atoms with Crippen molar-refractivity contribution in [2.24, 2.45) is 0 Å². The van der Waals surface area contributed by atoms with Crippen LogP contribution in [0, 0.1) is 0 Å². The summed E-state index contributed by atoms with van der Waals surface area (Å²) >= 11 is 0. The number of carbonyl (C=O) groups excluding carboxylic acids is 4. The summed E-state index contributed by atoms with van der Waals surface area (Å²) in [5.74, 6) is -0.775. The predicted molar refractivity (Wildman–Crippen MR) is 302 cm³/mol. The molecule has 0 aliphatic carbocycles. The molecular formula is C56H100O23S. The zero-order valence-electron chi connectivity index (χ0n) is 50.1. The Morgan fingerprint density at radius 3 is 1.12 bits per heavy atom. The van der Waals surface area contributed by atoms with E-state index >= 15 is 0 Å². The van der Waals surface area contributed by atoms with Crippen LogP contribution < -0.4 is 0 Å². The van der Waals surface area contributed by atoms with Gasteiger partial charge in [0.05, 0.1) is 24.5 Å². The molecule has 80 heavy (non-hydrogen) atoms. The Morgan fingerprint density at radius 2 is 0.850 bits per heavy atom. The van der Waals surface area contributed by atoms with Crippen molar-refractivity contribution in [3.63, 3.8) is 0 Å². The fourth-order valence-electron chi connectivity index (χ4n) is 5.90. The third-order valence-corrected chi connectivity index (χ3v) is 10.9. The first-order valence-corrected chi connectivity index (χ1v) is 27.7. The van der Waals surface area contributed by atoms with Crippen LogP contribution >= 0.6 is 0 Å². The molecule has 4 N–H and O–H groups in total. The van der Waals surface area contributed by atoms with Crippen molar-refractivity contribution >= 4 is 34.6 Å². The van der Waals surface area contributed by atoms with E-state index in [-0.39, 0.29) is 18.7 Å². The third kappa shape index (κ3) is 48.5. The van der Waals surface area contributed by atoms with Gasteiger partial charge in [0.15, 0.2) is 43.7 Å². The van der Waals surface area contributed by atoms with Crippen molar-refractivity contribution in [2.75, 3.05) is 91.1 Å². The van der Waals surface area contributed by atoms with Crippen molar-refractivity contribution in [1.82, 2.24) is 0 Å². The number of methoxy groups -OCH3 is 10. The molecule has 0 saturated heterocycles. The van der Waals surface area contributed by atoms with Gasteiger partial charge in [0.2, 0.25) is 6.29 Å². The Hall–Kier alpha value is -4.19. The van der Waals surface area contributed by atoms with E-state index in [0.717, 1.165) is 64.7 Å². The van der Waals surface area contributed by atoms with Crippen LogP contribution in [0.5, 0.6) is 0 Å². The molecule has 0 aliphatic heterocycles. The highest BCUT2D eigenvalue weighted by atomic mass is 32.2. The van der Waals surface area contributed by atoms with E-state index < -0.39 is 72.0 Å². The standard InChI is InChI=1S/C15H22O4.C14H20O5.C8H18O3.C7H14O3.C6H12O2.C4H8O3.C2H6O3S/c1-4-5-11-13(15(17-2)18-3)19-14(16)12-9-7-6-8-10-12;1-17-14(18-2)12(9-6-10-15)19-13(16)11-7-4-3-5-8-11;1-4-5-6-7(9)8(10-2)11-3;1-4-5-6(8)7(9-2)10-3;1-2-3-4-6(8)5-7;1-6-4(3-5)7-2;1-5-6(2,3)4/h6-10,13,15H,4-5,11H2,1-3H3;3-5,7-8,12,14-15H,6,9-10H2,1-2H3;7-9H,4-6H2,1-3H3;4,6-8H,1,5H2,2-3H3;5-6,8H,2-4H2,1H3;3-4H,1-2H3;1-2H3. The van der Waals surface area contributed by atoms with E-state index in [1.54, 1.807) is 56.7 Å². The number of carbonyl (C=O) groups is 4. The van der Waals surface area contributed by atoms with Crippen molar-refractivity contribution in [3.05, 3.63) is 84.4 Å². The summed E-state index contributed by atoms with van der Waals surface area (Å²) in [5, 5.41) is 36.1. The molecule has 0 amide bonds. The second-order valence-electron chi connectivity index (χ2n) is 16.5. The number of aldehydes is 2. The normalized spacial score (nSPS) is 12.6. The van der Waals surface area contributed by atoms with E-state index in [9.17, 15) is 37.8 Å². The van der Waals surface area contributed by atoms with E-state index in [1.807, 2.05) is 31.2 Å². The maximum atomic E-state index is 12.0. The minimum absolute atomic E-state index is 0.0273. The molecule has 0 bridgehead atoms. The molecule has 5 atom stereocenters. The Balaban J connectivity index is -0.000000286.